The molecule has 2 N–H and O–H groups in total. The molecule has 0 bridgehead atoms. The van der Waals surface area contributed by atoms with Gasteiger partial charge in [-0.15, -0.1) is 0 Å². The second-order valence-electron chi connectivity index (χ2n) is 5.95. The van der Waals surface area contributed by atoms with Crippen LogP contribution in [0.2, 0.25) is 5.02 Å². The molecule has 3 nitrogen and oxygen atoms in total. The van der Waals surface area contributed by atoms with Crippen molar-refractivity contribution in [2.45, 2.75) is 33.7 Å². The molecule has 0 fully saturated rings. The quantitative estimate of drug-likeness (QED) is 0.844. The predicted molar refractivity (Wildman–Crippen MR) is 97.2 cm³/mol. The van der Waals surface area contributed by atoms with Crippen LogP contribution >= 0.6 is 11.6 Å². The molecule has 1 unspecified atom stereocenters. The molecule has 0 aromatic heterocycles. The normalized spacial score (nSPS) is 12.0. The van der Waals surface area contributed by atoms with Crippen LogP contribution in [-0.2, 0) is 4.79 Å². The van der Waals surface area contributed by atoms with E-state index in [2.05, 4.69) is 29.7 Å². The minimum Gasteiger partial charge on any atom is -0.324 e. The number of hydrogen-bond acceptors (Lipinski definition) is 2. The maximum atomic E-state index is 12.2. The van der Waals surface area contributed by atoms with E-state index in [0.717, 1.165) is 22.4 Å². The standard InChI is InChI=1S/C19H23ClN2O/c1-12-9-13(2)19(14(3)10-12)22-18(23)11-21-15(4)16-7-5-6-8-17(16)20/h5-10,15,21H,11H2,1-4H3,(H,22,23). The van der Waals surface area contributed by atoms with Crippen LogP contribution in [0.5, 0.6) is 0 Å². The number of rotatable bonds is 5. The minimum atomic E-state index is -0.0565. The lowest BCUT2D eigenvalue weighted by molar-refractivity contribution is -0.115. The first-order chi connectivity index (χ1) is 10.9. The fourth-order valence-electron chi connectivity index (χ4n) is 2.74. The predicted octanol–water partition coefficient (Wildman–Crippen LogP) is 4.55. The van der Waals surface area contributed by atoms with Crippen molar-refractivity contribution < 1.29 is 4.79 Å². The summed E-state index contributed by atoms with van der Waals surface area (Å²) in [5, 5.41) is 6.91. The first-order valence-corrected chi connectivity index (χ1v) is 8.11. The Morgan fingerprint density at radius 3 is 2.35 bits per heavy atom. The van der Waals surface area contributed by atoms with E-state index in [1.165, 1.54) is 5.56 Å². The molecule has 1 amide bonds. The fraction of sp³-hybridized carbons (Fsp3) is 0.316. The van der Waals surface area contributed by atoms with Gasteiger partial charge >= 0.3 is 0 Å². The molecule has 0 radical (unpaired) electrons. The Hall–Kier alpha value is -1.84. The van der Waals surface area contributed by atoms with Crippen molar-refractivity contribution in [3.05, 3.63) is 63.7 Å². The molecule has 0 spiro atoms. The Labute approximate surface area is 143 Å². The molecule has 0 aliphatic heterocycles. The molecule has 23 heavy (non-hydrogen) atoms. The van der Waals surface area contributed by atoms with E-state index in [0.29, 0.717) is 5.02 Å². The molecule has 0 aliphatic carbocycles. The van der Waals surface area contributed by atoms with Crippen molar-refractivity contribution in [2.75, 3.05) is 11.9 Å². The highest BCUT2D eigenvalue weighted by molar-refractivity contribution is 6.31. The number of aryl methyl sites for hydroxylation is 3. The molecular formula is C19H23ClN2O. The highest BCUT2D eigenvalue weighted by Crippen LogP contribution is 2.23. The van der Waals surface area contributed by atoms with Crippen LogP contribution < -0.4 is 10.6 Å². The summed E-state index contributed by atoms with van der Waals surface area (Å²) in [6.07, 6.45) is 0. The lowest BCUT2D eigenvalue weighted by atomic mass is 10.1. The molecular weight excluding hydrogens is 308 g/mol. The van der Waals surface area contributed by atoms with E-state index in [1.807, 2.05) is 45.0 Å². The van der Waals surface area contributed by atoms with Crippen LogP contribution in [0.3, 0.4) is 0 Å². The van der Waals surface area contributed by atoms with Crippen molar-refractivity contribution >= 4 is 23.2 Å². The van der Waals surface area contributed by atoms with E-state index in [4.69, 9.17) is 11.6 Å². The Morgan fingerprint density at radius 1 is 1.13 bits per heavy atom. The molecule has 0 saturated carbocycles. The van der Waals surface area contributed by atoms with Gasteiger partial charge in [0.05, 0.1) is 6.54 Å². The van der Waals surface area contributed by atoms with Crippen molar-refractivity contribution in [3.8, 4) is 0 Å². The van der Waals surface area contributed by atoms with Crippen molar-refractivity contribution in [1.82, 2.24) is 5.32 Å². The van der Waals surface area contributed by atoms with Gasteiger partial charge in [0, 0.05) is 16.8 Å². The van der Waals surface area contributed by atoms with Crippen molar-refractivity contribution in [3.63, 3.8) is 0 Å². The number of benzene rings is 2. The Morgan fingerprint density at radius 2 is 1.74 bits per heavy atom. The highest BCUT2D eigenvalue weighted by Gasteiger charge is 2.12. The van der Waals surface area contributed by atoms with E-state index in [9.17, 15) is 4.79 Å². The molecule has 0 saturated heterocycles. The molecule has 0 heterocycles. The zero-order valence-corrected chi connectivity index (χ0v) is 14.8. The summed E-state index contributed by atoms with van der Waals surface area (Å²) < 4.78 is 0. The van der Waals surface area contributed by atoms with Crippen LogP contribution in [0.15, 0.2) is 36.4 Å². The van der Waals surface area contributed by atoms with Crippen LogP contribution in [0.4, 0.5) is 5.69 Å². The molecule has 122 valence electrons. The van der Waals surface area contributed by atoms with Gasteiger partial charge in [0.15, 0.2) is 0 Å². The number of amides is 1. The monoisotopic (exact) mass is 330 g/mol. The Kier molecular flexibility index (Phi) is 5.80. The van der Waals surface area contributed by atoms with Gasteiger partial charge in [0.2, 0.25) is 5.91 Å². The Balaban J connectivity index is 1.97. The number of carbonyl (C=O) groups excluding carboxylic acids is 1. The second kappa shape index (κ2) is 7.62. The summed E-state index contributed by atoms with van der Waals surface area (Å²) in [7, 11) is 0. The maximum absolute atomic E-state index is 12.2. The average Bonchev–Trinajstić information content (AvgIpc) is 2.49. The molecule has 2 aromatic carbocycles. The van der Waals surface area contributed by atoms with Crippen LogP contribution in [0, 0.1) is 20.8 Å². The van der Waals surface area contributed by atoms with Gasteiger partial charge in [-0.3, -0.25) is 4.79 Å². The summed E-state index contributed by atoms with van der Waals surface area (Å²) in [5.74, 6) is -0.0565. The first kappa shape index (κ1) is 17.5. The number of halogens is 1. The van der Waals surface area contributed by atoms with Gasteiger partial charge in [-0.25, -0.2) is 0 Å². The van der Waals surface area contributed by atoms with E-state index < -0.39 is 0 Å². The SMILES string of the molecule is Cc1cc(C)c(NC(=O)CNC(C)c2ccccc2Cl)c(C)c1. The van der Waals surface area contributed by atoms with Gasteiger partial charge in [0.1, 0.15) is 0 Å². The summed E-state index contributed by atoms with van der Waals surface area (Å²) >= 11 is 6.18. The Bertz CT molecular complexity index is 689. The second-order valence-corrected chi connectivity index (χ2v) is 6.35. The summed E-state index contributed by atoms with van der Waals surface area (Å²) in [6.45, 7) is 8.30. The minimum absolute atomic E-state index is 0.00895. The molecule has 1 atom stereocenters. The van der Waals surface area contributed by atoms with Crippen molar-refractivity contribution in [2.24, 2.45) is 0 Å². The van der Waals surface area contributed by atoms with Gasteiger partial charge in [-0.2, -0.15) is 0 Å². The smallest absolute Gasteiger partial charge is 0.238 e. The van der Waals surface area contributed by atoms with Crippen LogP contribution in [0.1, 0.15) is 35.2 Å². The van der Waals surface area contributed by atoms with E-state index >= 15 is 0 Å². The van der Waals surface area contributed by atoms with Crippen LogP contribution in [0.25, 0.3) is 0 Å². The third kappa shape index (κ3) is 4.57. The van der Waals surface area contributed by atoms with E-state index in [1.54, 1.807) is 0 Å². The topological polar surface area (TPSA) is 41.1 Å². The van der Waals surface area contributed by atoms with Gasteiger partial charge < -0.3 is 10.6 Å². The summed E-state index contributed by atoms with van der Waals surface area (Å²) in [5.41, 5.74) is 5.24. The number of hydrogen-bond donors (Lipinski definition) is 2. The fourth-order valence-corrected chi connectivity index (χ4v) is 3.04. The molecule has 2 aromatic rings. The summed E-state index contributed by atoms with van der Waals surface area (Å²) in [4.78, 5) is 12.2. The molecule has 4 heteroatoms. The van der Waals surface area contributed by atoms with Crippen molar-refractivity contribution in [1.29, 1.82) is 0 Å². The zero-order valence-electron chi connectivity index (χ0n) is 14.0. The largest absolute Gasteiger partial charge is 0.324 e. The zero-order chi connectivity index (χ0) is 17.0. The van der Waals surface area contributed by atoms with Crippen LogP contribution in [-0.4, -0.2) is 12.5 Å². The van der Waals surface area contributed by atoms with E-state index in [-0.39, 0.29) is 18.5 Å². The molecule has 2 rings (SSSR count). The lowest BCUT2D eigenvalue weighted by Gasteiger charge is -2.17. The van der Waals surface area contributed by atoms with Gasteiger partial charge in [-0.05, 0) is 50.5 Å². The lowest BCUT2D eigenvalue weighted by Crippen LogP contribution is -2.30. The maximum Gasteiger partial charge on any atom is 0.238 e. The average molecular weight is 331 g/mol. The van der Waals surface area contributed by atoms with Gasteiger partial charge in [0.25, 0.3) is 0 Å². The first-order valence-electron chi connectivity index (χ1n) is 7.74. The number of nitrogens with one attached hydrogen (secondary N) is 2. The summed E-state index contributed by atoms with van der Waals surface area (Å²) in [6, 6.07) is 11.8. The number of carbonyl (C=O) groups is 1. The van der Waals surface area contributed by atoms with Gasteiger partial charge in [-0.1, -0.05) is 47.5 Å². The number of anilines is 1. The third-order valence-electron chi connectivity index (χ3n) is 3.88. The highest BCUT2D eigenvalue weighted by atomic mass is 35.5. The third-order valence-corrected chi connectivity index (χ3v) is 4.23. The molecule has 0 aliphatic rings.